The number of hydrogen-bond acceptors (Lipinski definition) is 3. The zero-order valence-electron chi connectivity index (χ0n) is 9.40. The predicted octanol–water partition coefficient (Wildman–Crippen LogP) is 3.79. The fourth-order valence-corrected chi connectivity index (χ4v) is 1.76. The molecule has 80 valence electrons. The monoisotopic (exact) mass is 220 g/mol. The number of pyridine rings is 1. The fourth-order valence-electron chi connectivity index (χ4n) is 1.13. The second kappa shape index (κ2) is 6.30. The molecule has 2 rings (SSSR count). The van der Waals surface area contributed by atoms with Gasteiger partial charge < -0.3 is 0 Å². The third-order valence-electron chi connectivity index (χ3n) is 1.87. The molecule has 0 saturated heterocycles. The maximum Gasteiger partial charge on any atom is 0.124 e. The van der Waals surface area contributed by atoms with Gasteiger partial charge in [-0.05, 0) is 18.6 Å². The molecule has 2 aromatic rings. The van der Waals surface area contributed by atoms with Gasteiger partial charge in [0, 0.05) is 29.0 Å². The Morgan fingerprint density at radius 1 is 1.20 bits per heavy atom. The Hall–Kier alpha value is -1.22. The van der Waals surface area contributed by atoms with Crippen molar-refractivity contribution in [2.75, 3.05) is 0 Å². The van der Waals surface area contributed by atoms with Gasteiger partial charge >= 0.3 is 0 Å². The van der Waals surface area contributed by atoms with Gasteiger partial charge in [0.1, 0.15) is 5.01 Å². The lowest BCUT2D eigenvalue weighted by Crippen LogP contribution is -1.85. The van der Waals surface area contributed by atoms with Crippen LogP contribution in [0.15, 0.2) is 29.9 Å². The average molecular weight is 220 g/mol. The summed E-state index contributed by atoms with van der Waals surface area (Å²) in [5.41, 5.74) is 2.23. The summed E-state index contributed by atoms with van der Waals surface area (Å²) in [7, 11) is 0. The summed E-state index contributed by atoms with van der Waals surface area (Å²) in [5.74, 6) is 0. The van der Waals surface area contributed by atoms with Crippen molar-refractivity contribution >= 4 is 11.3 Å². The van der Waals surface area contributed by atoms with Gasteiger partial charge in [0.15, 0.2) is 0 Å². The van der Waals surface area contributed by atoms with Crippen LogP contribution in [0.3, 0.4) is 0 Å². The van der Waals surface area contributed by atoms with E-state index in [4.69, 9.17) is 0 Å². The fraction of sp³-hybridized carbons (Fsp3) is 0.333. The Balaban J connectivity index is 0.000000531. The maximum absolute atomic E-state index is 4.32. The third-order valence-corrected chi connectivity index (χ3v) is 2.69. The van der Waals surface area contributed by atoms with Gasteiger partial charge in [-0.2, -0.15) is 0 Å². The summed E-state index contributed by atoms with van der Waals surface area (Å²) in [4.78, 5) is 8.54. The Morgan fingerprint density at radius 3 is 2.47 bits per heavy atom. The lowest BCUT2D eigenvalue weighted by molar-refractivity contribution is 1.04. The third kappa shape index (κ3) is 3.13. The SMILES string of the molecule is CC.CCc1ccc(-c2nccs2)cn1. The van der Waals surface area contributed by atoms with Crippen molar-refractivity contribution in [3.05, 3.63) is 35.6 Å². The molecule has 0 aliphatic heterocycles. The van der Waals surface area contributed by atoms with Crippen LogP contribution in [-0.2, 0) is 6.42 Å². The summed E-state index contributed by atoms with van der Waals surface area (Å²) in [6.45, 7) is 6.10. The highest BCUT2D eigenvalue weighted by atomic mass is 32.1. The van der Waals surface area contributed by atoms with Crippen molar-refractivity contribution in [1.82, 2.24) is 9.97 Å². The number of aromatic nitrogens is 2. The molecule has 0 aliphatic carbocycles. The lowest BCUT2D eigenvalue weighted by Gasteiger charge is -1.97. The molecule has 0 bridgehead atoms. The maximum atomic E-state index is 4.32. The first kappa shape index (κ1) is 11.9. The van der Waals surface area contributed by atoms with E-state index in [0.29, 0.717) is 0 Å². The number of nitrogens with zero attached hydrogens (tertiary/aromatic N) is 2. The molecular formula is C12H16N2S. The molecular weight excluding hydrogens is 204 g/mol. The van der Waals surface area contributed by atoms with E-state index in [0.717, 1.165) is 22.7 Å². The molecule has 3 heteroatoms. The van der Waals surface area contributed by atoms with Crippen molar-refractivity contribution in [3.8, 4) is 10.6 Å². The van der Waals surface area contributed by atoms with Gasteiger partial charge in [-0.1, -0.05) is 20.8 Å². The normalized spacial score (nSPS) is 9.27. The molecule has 0 N–H and O–H groups in total. The van der Waals surface area contributed by atoms with Crippen LogP contribution in [-0.4, -0.2) is 9.97 Å². The van der Waals surface area contributed by atoms with E-state index in [1.807, 2.05) is 31.6 Å². The van der Waals surface area contributed by atoms with Crippen molar-refractivity contribution < 1.29 is 0 Å². The minimum Gasteiger partial charge on any atom is -0.261 e. The second-order valence-electron chi connectivity index (χ2n) is 2.73. The van der Waals surface area contributed by atoms with Crippen molar-refractivity contribution in [2.24, 2.45) is 0 Å². The summed E-state index contributed by atoms with van der Waals surface area (Å²) in [6, 6.07) is 4.13. The summed E-state index contributed by atoms with van der Waals surface area (Å²) in [6.07, 6.45) is 4.68. The largest absolute Gasteiger partial charge is 0.261 e. The van der Waals surface area contributed by atoms with Crippen LogP contribution < -0.4 is 0 Å². The zero-order chi connectivity index (χ0) is 11.1. The van der Waals surface area contributed by atoms with Crippen LogP contribution in [0.1, 0.15) is 26.5 Å². The van der Waals surface area contributed by atoms with Crippen LogP contribution >= 0.6 is 11.3 Å². The molecule has 2 nitrogen and oxygen atoms in total. The minimum absolute atomic E-state index is 0.984. The molecule has 0 aromatic carbocycles. The highest BCUT2D eigenvalue weighted by Gasteiger charge is 1.99. The lowest BCUT2D eigenvalue weighted by atomic mass is 10.2. The first-order valence-corrected chi connectivity index (χ1v) is 6.13. The van der Waals surface area contributed by atoms with E-state index in [-0.39, 0.29) is 0 Å². The Morgan fingerprint density at radius 2 is 2.00 bits per heavy atom. The highest BCUT2D eigenvalue weighted by Crippen LogP contribution is 2.20. The zero-order valence-corrected chi connectivity index (χ0v) is 10.2. The van der Waals surface area contributed by atoms with Crippen LogP contribution in [0, 0.1) is 0 Å². The summed E-state index contributed by atoms with van der Waals surface area (Å²) in [5, 5.41) is 3.01. The molecule has 0 spiro atoms. The van der Waals surface area contributed by atoms with E-state index in [1.165, 1.54) is 0 Å². The first-order valence-electron chi connectivity index (χ1n) is 5.25. The molecule has 0 fully saturated rings. The molecule has 2 heterocycles. The predicted molar refractivity (Wildman–Crippen MR) is 66.1 cm³/mol. The van der Waals surface area contributed by atoms with Gasteiger partial charge in [0.25, 0.3) is 0 Å². The Kier molecular flexibility index (Phi) is 4.98. The van der Waals surface area contributed by atoms with Gasteiger partial charge in [-0.15, -0.1) is 11.3 Å². The van der Waals surface area contributed by atoms with Gasteiger partial charge in [0.05, 0.1) is 0 Å². The van der Waals surface area contributed by atoms with E-state index in [1.54, 1.807) is 11.3 Å². The standard InChI is InChI=1S/C10H10N2S.C2H6/c1-2-9-4-3-8(7-12-9)10-11-5-6-13-10;1-2/h3-7H,2H2,1H3;1-2H3. The summed E-state index contributed by atoms with van der Waals surface area (Å²) >= 11 is 1.64. The quantitative estimate of drug-likeness (QED) is 0.769. The van der Waals surface area contributed by atoms with E-state index < -0.39 is 0 Å². The molecule has 0 amide bonds. The van der Waals surface area contributed by atoms with Gasteiger partial charge in [-0.25, -0.2) is 4.98 Å². The molecule has 0 saturated carbocycles. The molecule has 2 aromatic heterocycles. The second-order valence-corrected chi connectivity index (χ2v) is 3.62. The van der Waals surface area contributed by atoms with Crippen LogP contribution in [0.5, 0.6) is 0 Å². The number of thiazole rings is 1. The van der Waals surface area contributed by atoms with Crippen molar-refractivity contribution in [1.29, 1.82) is 0 Å². The van der Waals surface area contributed by atoms with Crippen LogP contribution in [0.4, 0.5) is 0 Å². The van der Waals surface area contributed by atoms with E-state index in [2.05, 4.69) is 29.0 Å². The average Bonchev–Trinajstić information content (AvgIpc) is 2.85. The van der Waals surface area contributed by atoms with Gasteiger partial charge in [-0.3, -0.25) is 4.98 Å². The Labute approximate surface area is 95.0 Å². The summed E-state index contributed by atoms with van der Waals surface area (Å²) < 4.78 is 0. The van der Waals surface area contributed by atoms with Crippen molar-refractivity contribution in [2.45, 2.75) is 27.2 Å². The smallest absolute Gasteiger partial charge is 0.124 e. The number of hydrogen-bond donors (Lipinski definition) is 0. The van der Waals surface area contributed by atoms with E-state index >= 15 is 0 Å². The molecule has 0 atom stereocenters. The first-order chi connectivity index (χ1) is 7.40. The molecule has 0 unspecified atom stereocenters. The highest BCUT2D eigenvalue weighted by molar-refractivity contribution is 7.13. The van der Waals surface area contributed by atoms with Crippen LogP contribution in [0.25, 0.3) is 10.6 Å². The van der Waals surface area contributed by atoms with Crippen molar-refractivity contribution in [3.63, 3.8) is 0 Å². The molecule has 15 heavy (non-hydrogen) atoms. The number of aryl methyl sites for hydroxylation is 1. The topological polar surface area (TPSA) is 25.8 Å². The molecule has 0 radical (unpaired) electrons. The number of rotatable bonds is 2. The minimum atomic E-state index is 0.984. The van der Waals surface area contributed by atoms with E-state index in [9.17, 15) is 0 Å². The van der Waals surface area contributed by atoms with Crippen LogP contribution in [0.2, 0.25) is 0 Å². The van der Waals surface area contributed by atoms with Gasteiger partial charge in [0.2, 0.25) is 0 Å². The Bertz CT molecular complexity index is 365. The molecule has 0 aliphatic rings.